The number of likely N-dealkylation sites (N-methyl/N-ethyl adjacent to an activating group) is 1. The second-order valence-corrected chi connectivity index (χ2v) is 7.55. The zero-order chi connectivity index (χ0) is 19.4. The molecule has 0 radical (unpaired) electrons. The van der Waals surface area contributed by atoms with Gasteiger partial charge in [-0.1, -0.05) is 30.3 Å². The molecule has 0 unspecified atom stereocenters. The van der Waals surface area contributed by atoms with E-state index in [-0.39, 0.29) is 5.91 Å². The first-order valence-corrected chi connectivity index (χ1v) is 10.2. The van der Waals surface area contributed by atoms with E-state index in [2.05, 4.69) is 35.6 Å². The first-order valence-electron chi connectivity index (χ1n) is 8.97. The molecule has 4 nitrogen and oxygen atoms in total. The quantitative estimate of drug-likeness (QED) is 0.595. The van der Waals surface area contributed by atoms with Crippen molar-refractivity contribution in [2.45, 2.75) is 31.7 Å². The van der Waals surface area contributed by atoms with Gasteiger partial charge in [0.05, 0.1) is 17.8 Å². The third-order valence-electron chi connectivity index (χ3n) is 4.77. The van der Waals surface area contributed by atoms with Crippen molar-refractivity contribution in [2.75, 3.05) is 13.3 Å². The van der Waals surface area contributed by atoms with E-state index in [1.54, 1.807) is 16.7 Å². The zero-order valence-corrected chi connectivity index (χ0v) is 17.1. The lowest BCUT2D eigenvalue weighted by Crippen LogP contribution is -2.28. The second-order valence-electron chi connectivity index (χ2n) is 6.67. The molecule has 3 aromatic rings. The van der Waals surface area contributed by atoms with Crippen molar-refractivity contribution in [1.82, 2.24) is 14.7 Å². The first kappa shape index (κ1) is 19.2. The standard InChI is InChI=1S/C22H25N3OS/c1-16-21(17(2)25(23-16)19-8-6-5-7-9-19)14-22(26)24(3)15-18-10-12-20(27-4)13-11-18/h5-13H,14-15H2,1-4H3. The number of carbonyl (C=O) groups is 1. The van der Waals surface area contributed by atoms with E-state index in [0.717, 1.165) is 28.2 Å². The Morgan fingerprint density at radius 2 is 1.74 bits per heavy atom. The van der Waals surface area contributed by atoms with Gasteiger partial charge in [-0.2, -0.15) is 5.10 Å². The molecule has 2 aromatic carbocycles. The topological polar surface area (TPSA) is 38.1 Å². The lowest BCUT2D eigenvalue weighted by molar-refractivity contribution is -0.129. The minimum atomic E-state index is 0.0998. The van der Waals surface area contributed by atoms with Crippen LogP contribution in [0.25, 0.3) is 5.69 Å². The molecule has 0 saturated heterocycles. The van der Waals surface area contributed by atoms with Gasteiger partial charge in [-0.3, -0.25) is 4.79 Å². The Kier molecular flexibility index (Phi) is 6.01. The number of nitrogens with zero attached hydrogens (tertiary/aromatic N) is 3. The second kappa shape index (κ2) is 8.44. The van der Waals surface area contributed by atoms with E-state index in [1.165, 1.54) is 4.90 Å². The summed E-state index contributed by atoms with van der Waals surface area (Å²) in [6.45, 7) is 4.60. The zero-order valence-electron chi connectivity index (χ0n) is 16.3. The Morgan fingerprint density at radius 3 is 2.37 bits per heavy atom. The molecule has 0 aliphatic rings. The number of rotatable bonds is 6. The summed E-state index contributed by atoms with van der Waals surface area (Å²) < 4.78 is 1.92. The van der Waals surface area contributed by atoms with Crippen LogP contribution in [0, 0.1) is 13.8 Å². The predicted octanol–water partition coefficient (Wildman–Crippen LogP) is 4.41. The van der Waals surface area contributed by atoms with Crippen molar-refractivity contribution in [3.05, 3.63) is 77.1 Å². The summed E-state index contributed by atoms with van der Waals surface area (Å²) in [4.78, 5) is 15.8. The Bertz CT molecular complexity index is 917. The van der Waals surface area contributed by atoms with Crippen molar-refractivity contribution in [2.24, 2.45) is 0 Å². The molecule has 0 bridgehead atoms. The highest BCUT2D eigenvalue weighted by atomic mass is 32.2. The molecule has 0 saturated carbocycles. The van der Waals surface area contributed by atoms with E-state index in [4.69, 9.17) is 0 Å². The van der Waals surface area contributed by atoms with E-state index in [9.17, 15) is 4.79 Å². The van der Waals surface area contributed by atoms with Crippen molar-refractivity contribution < 1.29 is 4.79 Å². The Balaban J connectivity index is 1.72. The summed E-state index contributed by atoms with van der Waals surface area (Å²) in [5.41, 5.74) is 5.08. The molecule has 0 fully saturated rings. The van der Waals surface area contributed by atoms with Gasteiger partial charge >= 0.3 is 0 Å². The first-order chi connectivity index (χ1) is 13.0. The molecular formula is C22H25N3OS. The maximum absolute atomic E-state index is 12.8. The number of benzene rings is 2. The molecule has 0 atom stereocenters. The van der Waals surface area contributed by atoms with Gasteiger partial charge < -0.3 is 4.90 Å². The van der Waals surface area contributed by atoms with Gasteiger partial charge in [-0.05, 0) is 49.9 Å². The van der Waals surface area contributed by atoms with Crippen LogP contribution in [0.3, 0.4) is 0 Å². The summed E-state index contributed by atoms with van der Waals surface area (Å²) in [5.74, 6) is 0.0998. The van der Waals surface area contributed by atoms with Crippen LogP contribution >= 0.6 is 11.8 Å². The summed E-state index contributed by atoms with van der Waals surface area (Å²) in [6, 6.07) is 18.4. The fraction of sp³-hybridized carbons (Fsp3) is 0.273. The van der Waals surface area contributed by atoms with Crippen LogP contribution in [0.2, 0.25) is 0 Å². The van der Waals surface area contributed by atoms with Crippen LogP contribution < -0.4 is 0 Å². The number of hydrogen-bond acceptors (Lipinski definition) is 3. The molecule has 0 aliphatic carbocycles. The molecule has 0 spiro atoms. The van der Waals surface area contributed by atoms with Gasteiger partial charge in [-0.15, -0.1) is 11.8 Å². The van der Waals surface area contributed by atoms with Crippen molar-refractivity contribution in [3.63, 3.8) is 0 Å². The van der Waals surface area contributed by atoms with Crippen LogP contribution in [-0.2, 0) is 17.8 Å². The molecule has 3 rings (SSSR count). The molecular weight excluding hydrogens is 354 g/mol. The van der Waals surface area contributed by atoms with E-state index in [0.29, 0.717) is 13.0 Å². The smallest absolute Gasteiger partial charge is 0.227 e. The highest BCUT2D eigenvalue weighted by Crippen LogP contribution is 2.20. The largest absolute Gasteiger partial charge is 0.341 e. The van der Waals surface area contributed by atoms with Gasteiger partial charge in [0.2, 0.25) is 5.91 Å². The minimum absolute atomic E-state index is 0.0998. The Morgan fingerprint density at radius 1 is 1.07 bits per heavy atom. The highest BCUT2D eigenvalue weighted by Gasteiger charge is 2.18. The predicted molar refractivity (Wildman–Crippen MR) is 111 cm³/mol. The van der Waals surface area contributed by atoms with Crippen LogP contribution in [0.4, 0.5) is 0 Å². The van der Waals surface area contributed by atoms with Gasteiger partial charge in [0, 0.05) is 29.7 Å². The van der Waals surface area contributed by atoms with Crippen LogP contribution in [0.15, 0.2) is 59.5 Å². The van der Waals surface area contributed by atoms with Gasteiger partial charge in [-0.25, -0.2) is 4.68 Å². The number of amides is 1. The number of thioether (sulfide) groups is 1. The lowest BCUT2D eigenvalue weighted by Gasteiger charge is -2.17. The van der Waals surface area contributed by atoms with Gasteiger partial charge in [0.1, 0.15) is 0 Å². The number of para-hydroxylation sites is 1. The molecule has 140 valence electrons. The van der Waals surface area contributed by atoms with Crippen LogP contribution in [-0.4, -0.2) is 33.9 Å². The number of aromatic nitrogens is 2. The van der Waals surface area contributed by atoms with E-state index in [1.807, 2.05) is 55.9 Å². The average molecular weight is 380 g/mol. The molecule has 5 heteroatoms. The van der Waals surface area contributed by atoms with Gasteiger partial charge in [0.25, 0.3) is 0 Å². The molecule has 1 heterocycles. The van der Waals surface area contributed by atoms with E-state index >= 15 is 0 Å². The lowest BCUT2D eigenvalue weighted by atomic mass is 10.1. The third kappa shape index (κ3) is 4.42. The average Bonchev–Trinajstić information content (AvgIpc) is 2.97. The Labute approximate surface area is 165 Å². The fourth-order valence-electron chi connectivity index (χ4n) is 3.13. The number of carbonyl (C=O) groups excluding carboxylic acids is 1. The Hall–Kier alpha value is -2.53. The number of aryl methyl sites for hydroxylation is 1. The highest BCUT2D eigenvalue weighted by molar-refractivity contribution is 7.98. The maximum atomic E-state index is 12.8. The SMILES string of the molecule is CSc1ccc(CN(C)C(=O)Cc2c(C)nn(-c3ccccc3)c2C)cc1. The summed E-state index contributed by atoms with van der Waals surface area (Å²) in [5, 5.41) is 4.64. The molecule has 1 amide bonds. The molecule has 27 heavy (non-hydrogen) atoms. The van der Waals surface area contributed by atoms with Gasteiger partial charge in [0.15, 0.2) is 0 Å². The summed E-state index contributed by atoms with van der Waals surface area (Å²) in [7, 11) is 1.86. The minimum Gasteiger partial charge on any atom is -0.341 e. The monoisotopic (exact) mass is 379 g/mol. The summed E-state index contributed by atoms with van der Waals surface area (Å²) in [6.07, 6.45) is 2.43. The summed E-state index contributed by atoms with van der Waals surface area (Å²) >= 11 is 1.72. The van der Waals surface area contributed by atoms with E-state index < -0.39 is 0 Å². The third-order valence-corrected chi connectivity index (χ3v) is 5.52. The molecule has 0 aliphatic heterocycles. The molecule has 1 aromatic heterocycles. The van der Waals surface area contributed by atoms with Crippen molar-refractivity contribution in [1.29, 1.82) is 0 Å². The normalized spacial score (nSPS) is 10.8. The van der Waals surface area contributed by atoms with Crippen molar-refractivity contribution >= 4 is 17.7 Å². The maximum Gasteiger partial charge on any atom is 0.227 e. The number of hydrogen-bond donors (Lipinski definition) is 0. The van der Waals surface area contributed by atoms with Crippen LogP contribution in [0.5, 0.6) is 0 Å². The van der Waals surface area contributed by atoms with Crippen molar-refractivity contribution in [3.8, 4) is 5.69 Å². The fourth-order valence-corrected chi connectivity index (χ4v) is 3.54. The molecule has 0 N–H and O–H groups in total. The van der Waals surface area contributed by atoms with Crippen LogP contribution in [0.1, 0.15) is 22.5 Å².